The van der Waals surface area contributed by atoms with Crippen molar-refractivity contribution in [2.75, 3.05) is 36.9 Å². The summed E-state index contributed by atoms with van der Waals surface area (Å²) in [7, 11) is 0. The monoisotopic (exact) mass is 451 g/mol. The molecule has 0 aliphatic carbocycles. The predicted molar refractivity (Wildman–Crippen MR) is 134 cm³/mol. The maximum absolute atomic E-state index is 12.6. The lowest BCUT2D eigenvalue weighted by atomic mass is 10.1. The van der Waals surface area contributed by atoms with Crippen molar-refractivity contribution in [2.45, 2.75) is 58.3 Å². The summed E-state index contributed by atoms with van der Waals surface area (Å²) < 4.78 is 5.81. The second-order valence-corrected chi connectivity index (χ2v) is 8.62. The van der Waals surface area contributed by atoms with E-state index in [2.05, 4.69) is 17.6 Å². The largest absolute Gasteiger partial charge is 0.494 e. The maximum atomic E-state index is 12.6. The molecule has 0 saturated carbocycles. The van der Waals surface area contributed by atoms with E-state index in [1.165, 1.54) is 32.1 Å². The molecule has 2 amide bonds. The third-order valence-corrected chi connectivity index (χ3v) is 5.86. The number of nitrogens with zero attached hydrogens (tertiary/aromatic N) is 1. The van der Waals surface area contributed by atoms with Gasteiger partial charge in [0, 0.05) is 36.1 Å². The molecule has 178 valence electrons. The van der Waals surface area contributed by atoms with Crippen molar-refractivity contribution in [3.8, 4) is 5.75 Å². The molecule has 2 aromatic carbocycles. The molecule has 0 atom stereocenters. The van der Waals surface area contributed by atoms with E-state index in [1.54, 1.807) is 0 Å². The van der Waals surface area contributed by atoms with Gasteiger partial charge in [0.05, 0.1) is 13.2 Å². The summed E-state index contributed by atoms with van der Waals surface area (Å²) in [5.41, 5.74) is 2.21. The SMILES string of the molecule is CCCCCCCOc1cccc(NC(=O)CNc2ccc(C(=O)N3CCCCC3)cc2)c1. The van der Waals surface area contributed by atoms with Crippen molar-refractivity contribution in [3.63, 3.8) is 0 Å². The van der Waals surface area contributed by atoms with Gasteiger partial charge >= 0.3 is 0 Å². The van der Waals surface area contributed by atoms with Crippen molar-refractivity contribution in [3.05, 3.63) is 54.1 Å². The van der Waals surface area contributed by atoms with Crippen molar-refractivity contribution in [1.82, 2.24) is 4.90 Å². The Morgan fingerprint density at radius 2 is 1.67 bits per heavy atom. The first-order chi connectivity index (χ1) is 16.2. The molecule has 0 radical (unpaired) electrons. The van der Waals surface area contributed by atoms with Crippen molar-refractivity contribution >= 4 is 23.2 Å². The molecule has 0 bridgehead atoms. The average molecular weight is 452 g/mol. The summed E-state index contributed by atoms with van der Waals surface area (Å²) in [6.45, 7) is 4.72. The third kappa shape index (κ3) is 8.44. The van der Waals surface area contributed by atoms with Crippen molar-refractivity contribution in [2.24, 2.45) is 0 Å². The zero-order valence-corrected chi connectivity index (χ0v) is 19.8. The molecular formula is C27H37N3O3. The number of carbonyl (C=O) groups is 2. The first-order valence-corrected chi connectivity index (χ1v) is 12.3. The fraction of sp³-hybridized carbons (Fsp3) is 0.481. The number of carbonyl (C=O) groups excluding carboxylic acids is 2. The Balaban J connectivity index is 1.40. The lowest BCUT2D eigenvalue weighted by Crippen LogP contribution is -2.35. The molecule has 6 heteroatoms. The summed E-state index contributed by atoms with van der Waals surface area (Å²) >= 11 is 0. The summed E-state index contributed by atoms with van der Waals surface area (Å²) in [4.78, 5) is 26.8. The van der Waals surface area contributed by atoms with E-state index < -0.39 is 0 Å². The lowest BCUT2D eigenvalue weighted by molar-refractivity contribution is -0.114. The average Bonchev–Trinajstić information content (AvgIpc) is 2.85. The number of nitrogens with one attached hydrogen (secondary N) is 2. The van der Waals surface area contributed by atoms with Crippen LogP contribution in [-0.4, -0.2) is 43.0 Å². The molecule has 1 heterocycles. The Morgan fingerprint density at radius 3 is 2.42 bits per heavy atom. The van der Waals surface area contributed by atoms with Gasteiger partial charge in [0.2, 0.25) is 5.91 Å². The molecule has 3 rings (SSSR count). The van der Waals surface area contributed by atoms with E-state index in [9.17, 15) is 9.59 Å². The summed E-state index contributed by atoms with van der Waals surface area (Å²) in [5.74, 6) is 0.715. The van der Waals surface area contributed by atoms with Crippen LogP contribution in [-0.2, 0) is 4.79 Å². The van der Waals surface area contributed by atoms with Crippen LogP contribution in [0.3, 0.4) is 0 Å². The summed E-state index contributed by atoms with van der Waals surface area (Å²) in [5, 5.41) is 6.02. The van der Waals surface area contributed by atoms with Crippen molar-refractivity contribution in [1.29, 1.82) is 0 Å². The van der Waals surface area contributed by atoms with Gasteiger partial charge in [-0.3, -0.25) is 9.59 Å². The molecule has 1 aliphatic heterocycles. The number of ether oxygens (including phenoxy) is 1. The molecule has 1 aliphatic rings. The Labute approximate surface area is 197 Å². The number of hydrogen-bond acceptors (Lipinski definition) is 4. The van der Waals surface area contributed by atoms with Crippen LogP contribution >= 0.6 is 0 Å². The number of amides is 2. The Hall–Kier alpha value is -3.02. The minimum atomic E-state index is -0.139. The quantitative estimate of drug-likeness (QED) is 0.405. The summed E-state index contributed by atoms with van der Waals surface area (Å²) in [6, 6.07) is 14.8. The topological polar surface area (TPSA) is 70.7 Å². The van der Waals surface area contributed by atoms with E-state index in [0.29, 0.717) is 17.9 Å². The Bertz CT molecular complexity index is 876. The normalized spacial score (nSPS) is 13.4. The van der Waals surface area contributed by atoms with Gasteiger partial charge in [-0.2, -0.15) is 0 Å². The van der Waals surface area contributed by atoms with Gasteiger partial charge in [-0.15, -0.1) is 0 Å². The highest BCUT2D eigenvalue weighted by Gasteiger charge is 2.17. The minimum Gasteiger partial charge on any atom is -0.494 e. The van der Waals surface area contributed by atoms with E-state index in [-0.39, 0.29) is 18.4 Å². The second kappa shape index (κ2) is 13.5. The van der Waals surface area contributed by atoms with Crippen LogP contribution in [0.15, 0.2) is 48.5 Å². The molecule has 2 aromatic rings. The smallest absolute Gasteiger partial charge is 0.253 e. The van der Waals surface area contributed by atoms with E-state index in [4.69, 9.17) is 4.74 Å². The maximum Gasteiger partial charge on any atom is 0.253 e. The molecule has 0 aromatic heterocycles. The lowest BCUT2D eigenvalue weighted by Gasteiger charge is -2.26. The van der Waals surface area contributed by atoms with Gasteiger partial charge in [0.25, 0.3) is 5.91 Å². The number of rotatable bonds is 12. The fourth-order valence-electron chi connectivity index (χ4n) is 3.96. The van der Waals surface area contributed by atoms with Gasteiger partial charge in [-0.1, -0.05) is 38.7 Å². The molecule has 6 nitrogen and oxygen atoms in total. The van der Waals surface area contributed by atoms with Crippen LogP contribution in [0.2, 0.25) is 0 Å². The highest BCUT2D eigenvalue weighted by Crippen LogP contribution is 2.19. The summed E-state index contributed by atoms with van der Waals surface area (Å²) in [6.07, 6.45) is 9.35. The van der Waals surface area contributed by atoms with Gasteiger partial charge < -0.3 is 20.3 Å². The van der Waals surface area contributed by atoms with Crippen LogP contribution in [0.1, 0.15) is 68.6 Å². The first kappa shape index (κ1) is 24.6. The molecule has 0 unspecified atom stereocenters. The first-order valence-electron chi connectivity index (χ1n) is 12.3. The molecule has 2 N–H and O–H groups in total. The molecule has 0 spiro atoms. The third-order valence-electron chi connectivity index (χ3n) is 5.86. The molecular weight excluding hydrogens is 414 g/mol. The van der Waals surface area contributed by atoms with Gasteiger partial charge in [-0.25, -0.2) is 0 Å². The van der Waals surface area contributed by atoms with Crippen LogP contribution in [0.4, 0.5) is 11.4 Å². The Morgan fingerprint density at radius 1 is 0.909 bits per heavy atom. The van der Waals surface area contributed by atoms with Gasteiger partial charge in [0.15, 0.2) is 0 Å². The van der Waals surface area contributed by atoms with Crippen LogP contribution in [0.25, 0.3) is 0 Å². The van der Waals surface area contributed by atoms with E-state index in [0.717, 1.165) is 43.8 Å². The predicted octanol–water partition coefficient (Wildman–Crippen LogP) is 5.71. The zero-order valence-electron chi connectivity index (χ0n) is 19.8. The van der Waals surface area contributed by atoms with Crippen molar-refractivity contribution < 1.29 is 14.3 Å². The number of benzene rings is 2. The number of hydrogen-bond donors (Lipinski definition) is 2. The fourth-order valence-corrected chi connectivity index (χ4v) is 3.96. The molecule has 1 saturated heterocycles. The van der Waals surface area contributed by atoms with Crippen LogP contribution in [0.5, 0.6) is 5.75 Å². The van der Waals surface area contributed by atoms with Crippen LogP contribution in [0, 0.1) is 0 Å². The molecule has 1 fully saturated rings. The van der Waals surface area contributed by atoms with Gasteiger partial charge in [0.1, 0.15) is 5.75 Å². The number of likely N-dealkylation sites (tertiary alicyclic amines) is 1. The zero-order chi connectivity index (χ0) is 23.3. The Kier molecular flexibility index (Phi) is 10.1. The number of unbranched alkanes of at least 4 members (excludes halogenated alkanes) is 4. The highest BCUT2D eigenvalue weighted by molar-refractivity contribution is 5.95. The van der Waals surface area contributed by atoms with Crippen LogP contribution < -0.4 is 15.4 Å². The van der Waals surface area contributed by atoms with E-state index >= 15 is 0 Å². The number of piperidine rings is 1. The minimum absolute atomic E-state index is 0.0852. The second-order valence-electron chi connectivity index (χ2n) is 8.62. The van der Waals surface area contributed by atoms with Gasteiger partial charge in [-0.05, 0) is 62.1 Å². The molecule has 33 heavy (non-hydrogen) atoms. The standard InChI is InChI=1S/C27H37N3O3/c1-2-3-4-5-9-19-33-25-12-10-11-24(20-25)29-26(31)21-28-23-15-13-22(14-16-23)27(32)30-17-7-6-8-18-30/h10-16,20,28H,2-9,17-19,21H2,1H3,(H,29,31). The van der Waals surface area contributed by atoms with E-state index in [1.807, 2.05) is 53.4 Å². The highest BCUT2D eigenvalue weighted by atomic mass is 16.5. The number of anilines is 2.